The molecule has 5 rings (SSSR count). The van der Waals surface area contributed by atoms with Crippen molar-refractivity contribution < 1.29 is 22.0 Å². The fraction of sp³-hybridized carbons (Fsp3) is 0.348. The molecule has 12 heteroatoms. The monoisotopic (exact) mass is 525 g/mol. The van der Waals surface area contributed by atoms with Gasteiger partial charge >= 0.3 is 6.43 Å². The van der Waals surface area contributed by atoms with Crippen LogP contribution >= 0.6 is 23.8 Å². The molecular weight excluding hydrogens is 506 g/mol. The Labute approximate surface area is 209 Å². The van der Waals surface area contributed by atoms with Crippen LogP contribution in [-0.2, 0) is 6.54 Å². The van der Waals surface area contributed by atoms with Gasteiger partial charge < -0.3 is 19.1 Å². The van der Waals surface area contributed by atoms with Crippen molar-refractivity contribution in [2.45, 2.75) is 13.0 Å². The molecule has 1 aromatic heterocycles. The van der Waals surface area contributed by atoms with E-state index in [1.807, 2.05) is 4.90 Å². The van der Waals surface area contributed by atoms with Crippen molar-refractivity contribution in [1.82, 2.24) is 20.0 Å². The number of anilines is 1. The summed E-state index contributed by atoms with van der Waals surface area (Å²) >= 11 is 11.8. The highest BCUT2D eigenvalue weighted by atomic mass is 35.5. The lowest BCUT2D eigenvalue weighted by Gasteiger charge is -2.60. The van der Waals surface area contributed by atoms with Gasteiger partial charge in [-0.15, -0.1) is 10.2 Å². The fourth-order valence-electron chi connectivity index (χ4n) is 4.71. The van der Waals surface area contributed by atoms with Crippen molar-refractivity contribution in [3.63, 3.8) is 0 Å². The van der Waals surface area contributed by atoms with Crippen molar-refractivity contribution in [2.24, 2.45) is 5.41 Å². The van der Waals surface area contributed by atoms with Crippen molar-refractivity contribution in [2.75, 3.05) is 38.1 Å². The van der Waals surface area contributed by atoms with Crippen LogP contribution in [0.25, 0.3) is 11.5 Å². The summed E-state index contributed by atoms with van der Waals surface area (Å²) in [4.78, 5) is 5.98. The lowest BCUT2D eigenvalue weighted by molar-refractivity contribution is -0.0733. The molecule has 3 aromatic rings. The molecule has 2 aromatic carbocycles. The summed E-state index contributed by atoms with van der Waals surface area (Å²) in [5, 5.41) is 7.23. The standard InChI is InChI=1S/C23H20ClF4N5OS/c1-31-9-23(10-31)11-32(12-23)22(35)33(15-4-5-17(25)16(24)7-15)8-14-3-2-13(6-18(14)26)20-29-30-21(34-20)19(27)28/h2-7,19H,8-12H2,1H3. The second kappa shape index (κ2) is 9.03. The average molecular weight is 526 g/mol. The van der Waals surface area contributed by atoms with Gasteiger partial charge in [-0.1, -0.05) is 17.7 Å². The Morgan fingerprint density at radius 2 is 1.86 bits per heavy atom. The summed E-state index contributed by atoms with van der Waals surface area (Å²) in [5.41, 5.74) is 1.20. The normalized spacial score (nSPS) is 16.9. The van der Waals surface area contributed by atoms with Gasteiger partial charge in [-0.2, -0.15) is 8.78 Å². The first-order chi connectivity index (χ1) is 16.6. The Hall–Kier alpha value is -2.76. The van der Waals surface area contributed by atoms with E-state index in [2.05, 4.69) is 22.1 Å². The van der Waals surface area contributed by atoms with Gasteiger partial charge in [0, 0.05) is 48.4 Å². The van der Waals surface area contributed by atoms with Crippen LogP contribution in [0.1, 0.15) is 17.9 Å². The zero-order valence-electron chi connectivity index (χ0n) is 18.5. The van der Waals surface area contributed by atoms with E-state index in [1.54, 1.807) is 4.90 Å². The molecule has 0 N–H and O–H groups in total. The van der Waals surface area contributed by atoms with E-state index in [0.717, 1.165) is 32.2 Å². The van der Waals surface area contributed by atoms with Gasteiger partial charge in [-0.05, 0) is 49.6 Å². The summed E-state index contributed by atoms with van der Waals surface area (Å²) in [7, 11) is 2.06. The number of rotatable bonds is 5. The molecule has 184 valence electrons. The van der Waals surface area contributed by atoms with Crippen LogP contribution in [0.15, 0.2) is 40.8 Å². The highest BCUT2D eigenvalue weighted by molar-refractivity contribution is 7.80. The first-order valence-corrected chi connectivity index (χ1v) is 11.5. The van der Waals surface area contributed by atoms with E-state index in [4.69, 9.17) is 28.2 Å². The lowest BCUT2D eigenvalue weighted by Crippen LogP contribution is -2.73. The maximum atomic E-state index is 15.1. The highest BCUT2D eigenvalue weighted by Crippen LogP contribution is 2.40. The van der Waals surface area contributed by atoms with Crippen molar-refractivity contribution >= 4 is 34.6 Å². The Bertz CT molecular complexity index is 1270. The number of alkyl halides is 2. The van der Waals surface area contributed by atoms with Crippen molar-refractivity contribution in [1.29, 1.82) is 0 Å². The molecule has 0 amide bonds. The number of likely N-dealkylation sites (tertiary alicyclic amines) is 2. The molecule has 0 bridgehead atoms. The summed E-state index contributed by atoms with van der Waals surface area (Å²) < 4.78 is 59.3. The van der Waals surface area contributed by atoms with Gasteiger partial charge in [0.1, 0.15) is 11.6 Å². The number of thiocarbonyl (C=S) groups is 1. The molecule has 1 spiro atoms. The topological polar surface area (TPSA) is 48.6 Å². The van der Waals surface area contributed by atoms with Gasteiger partial charge in [-0.3, -0.25) is 0 Å². The predicted molar refractivity (Wildman–Crippen MR) is 126 cm³/mol. The molecule has 2 saturated heterocycles. The van der Waals surface area contributed by atoms with E-state index in [0.29, 0.717) is 10.8 Å². The Morgan fingerprint density at radius 1 is 1.11 bits per heavy atom. The van der Waals surface area contributed by atoms with Gasteiger partial charge in [0.25, 0.3) is 5.89 Å². The number of halogens is 5. The van der Waals surface area contributed by atoms with Crippen LogP contribution < -0.4 is 4.90 Å². The SMILES string of the molecule is CN1CC2(C1)CN(C(=S)N(Cc1ccc(-c3nnc(C(F)F)o3)cc1F)c1ccc(F)c(Cl)c1)C2. The molecule has 3 heterocycles. The van der Waals surface area contributed by atoms with Crippen LogP contribution in [0.4, 0.5) is 23.2 Å². The Kier molecular flexibility index (Phi) is 6.18. The summed E-state index contributed by atoms with van der Waals surface area (Å²) in [5.74, 6) is -2.22. The van der Waals surface area contributed by atoms with Crippen LogP contribution in [0.3, 0.4) is 0 Å². The summed E-state index contributed by atoms with van der Waals surface area (Å²) in [6.45, 7) is 3.60. The Balaban J connectivity index is 1.39. The molecule has 2 aliphatic rings. The maximum absolute atomic E-state index is 15.1. The van der Waals surface area contributed by atoms with E-state index < -0.39 is 24.0 Å². The third-order valence-corrected chi connectivity index (χ3v) is 7.00. The molecule has 0 saturated carbocycles. The van der Waals surface area contributed by atoms with Gasteiger partial charge in [-0.25, -0.2) is 8.78 Å². The van der Waals surface area contributed by atoms with Gasteiger partial charge in [0.2, 0.25) is 5.89 Å². The molecule has 35 heavy (non-hydrogen) atoms. The minimum Gasteiger partial charge on any atom is -0.415 e. The number of benzene rings is 2. The van der Waals surface area contributed by atoms with Crippen molar-refractivity contribution in [3.05, 3.63) is 64.5 Å². The van der Waals surface area contributed by atoms with E-state index in [-0.39, 0.29) is 34.0 Å². The van der Waals surface area contributed by atoms with Crippen LogP contribution in [0, 0.1) is 17.0 Å². The first kappa shape index (κ1) is 24.0. The quantitative estimate of drug-likeness (QED) is 0.337. The average Bonchev–Trinajstić information content (AvgIpc) is 3.27. The second-order valence-electron chi connectivity index (χ2n) is 9.05. The number of hydrogen-bond donors (Lipinski definition) is 0. The molecular formula is C23H20ClF4N5OS. The smallest absolute Gasteiger partial charge is 0.314 e. The zero-order valence-corrected chi connectivity index (χ0v) is 20.1. The molecule has 2 fully saturated rings. The fourth-order valence-corrected chi connectivity index (χ4v) is 5.18. The van der Waals surface area contributed by atoms with E-state index in [1.165, 1.54) is 30.3 Å². The maximum Gasteiger partial charge on any atom is 0.314 e. The molecule has 0 radical (unpaired) electrons. The number of hydrogen-bond acceptors (Lipinski definition) is 5. The van der Waals surface area contributed by atoms with Gasteiger partial charge in [0.15, 0.2) is 5.11 Å². The van der Waals surface area contributed by atoms with Gasteiger partial charge in [0.05, 0.1) is 11.6 Å². The van der Waals surface area contributed by atoms with Crippen LogP contribution in [-0.4, -0.2) is 58.3 Å². The Morgan fingerprint density at radius 3 is 2.46 bits per heavy atom. The minimum atomic E-state index is -2.92. The molecule has 0 unspecified atom stereocenters. The van der Waals surface area contributed by atoms with E-state index >= 15 is 4.39 Å². The third-order valence-electron chi connectivity index (χ3n) is 6.24. The predicted octanol–water partition coefficient (Wildman–Crippen LogP) is 5.14. The van der Waals surface area contributed by atoms with Crippen LogP contribution in [0.2, 0.25) is 5.02 Å². The third kappa shape index (κ3) is 4.60. The number of nitrogens with zero attached hydrogens (tertiary/aromatic N) is 5. The highest BCUT2D eigenvalue weighted by Gasteiger charge is 2.51. The molecule has 6 nitrogen and oxygen atoms in total. The first-order valence-electron chi connectivity index (χ1n) is 10.7. The zero-order chi connectivity index (χ0) is 24.9. The molecule has 0 aliphatic carbocycles. The van der Waals surface area contributed by atoms with Crippen LogP contribution in [0.5, 0.6) is 0 Å². The minimum absolute atomic E-state index is 0.0441. The second-order valence-corrected chi connectivity index (χ2v) is 9.82. The van der Waals surface area contributed by atoms with Crippen molar-refractivity contribution in [3.8, 4) is 11.5 Å². The van der Waals surface area contributed by atoms with E-state index in [9.17, 15) is 13.2 Å². The number of aromatic nitrogens is 2. The summed E-state index contributed by atoms with van der Waals surface area (Å²) in [6.07, 6.45) is -2.92. The largest absolute Gasteiger partial charge is 0.415 e. The molecule has 2 aliphatic heterocycles. The summed E-state index contributed by atoms with van der Waals surface area (Å²) in [6, 6.07) is 8.36. The lowest BCUT2D eigenvalue weighted by atomic mass is 9.73. The molecule has 0 atom stereocenters.